The molecule has 1 aliphatic carbocycles. The molecular weight excluding hydrogens is 240 g/mol. The van der Waals surface area contributed by atoms with Gasteiger partial charge in [-0.2, -0.15) is 0 Å². The normalized spacial score (nSPS) is 27.6. The van der Waals surface area contributed by atoms with Crippen LogP contribution in [0.5, 0.6) is 0 Å². The van der Waals surface area contributed by atoms with Gasteiger partial charge in [0.05, 0.1) is 6.10 Å². The molecule has 1 fully saturated rings. The summed E-state index contributed by atoms with van der Waals surface area (Å²) in [5, 5.41) is 9.59. The van der Waals surface area contributed by atoms with E-state index in [9.17, 15) is 5.11 Å². The Labute approximate surface area is 93.3 Å². The Morgan fingerprint density at radius 2 is 1.86 bits per heavy atom. The van der Waals surface area contributed by atoms with Crippen LogP contribution in [0, 0.1) is 0 Å². The summed E-state index contributed by atoms with van der Waals surface area (Å²) in [6.45, 7) is 0. The summed E-state index contributed by atoms with van der Waals surface area (Å²) >= 11 is 3.43. The second kappa shape index (κ2) is 4.45. The summed E-state index contributed by atoms with van der Waals surface area (Å²) < 4.78 is 1.12. The third-order valence-corrected chi connectivity index (χ3v) is 3.52. The minimum Gasteiger partial charge on any atom is -0.393 e. The van der Waals surface area contributed by atoms with Crippen LogP contribution in [0.15, 0.2) is 28.7 Å². The lowest BCUT2D eigenvalue weighted by molar-refractivity contribution is 0.119. The molecule has 0 radical (unpaired) electrons. The molecule has 0 bridgehead atoms. The van der Waals surface area contributed by atoms with Gasteiger partial charge in [-0.05, 0) is 42.9 Å². The highest BCUT2D eigenvalue weighted by molar-refractivity contribution is 9.10. The first-order chi connectivity index (χ1) is 6.75. The van der Waals surface area contributed by atoms with Gasteiger partial charge in [-0.25, -0.2) is 0 Å². The highest BCUT2D eigenvalue weighted by Gasteiger charge is 2.21. The van der Waals surface area contributed by atoms with E-state index < -0.39 is 0 Å². The van der Waals surface area contributed by atoms with E-state index in [2.05, 4.69) is 40.2 Å². The van der Waals surface area contributed by atoms with Crippen molar-refractivity contribution in [2.24, 2.45) is 0 Å². The van der Waals surface area contributed by atoms with Crippen LogP contribution < -0.4 is 0 Å². The highest BCUT2D eigenvalue weighted by atomic mass is 79.9. The molecule has 2 atom stereocenters. The van der Waals surface area contributed by atoms with Gasteiger partial charge in [0, 0.05) is 4.47 Å². The van der Waals surface area contributed by atoms with E-state index in [1.807, 2.05) is 0 Å². The van der Waals surface area contributed by atoms with E-state index >= 15 is 0 Å². The van der Waals surface area contributed by atoms with Crippen LogP contribution in [0.3, 0.4) is 0 Å². The molecule has 0 saturated heterocycles. The predicted octanol–water partition coefficient (Wildman–Crippen LogP) is 3.47. The van der Waals surface area contributed by atoms with E-state index in [1.165, 1.54) is 12.0 Å². The van der Waals surface area contributed by atoms with E-state index in [1.54, 1.807) is 0 Å². The van der Waals surface area contributed by atoms with Gasteiger partial charge in [0.25, 0.3) is 0 Å². The van der Waals surface area contributed by atoms with E-state index in [4.69, 9.17) is 0 Å². The van der Waals surface area contributed by atoms with Crippen molar-refractivity contribution in [2.75, 3.05) is 0 Å². The Balaban J connectivity index is 2.10. The molecule has 1 aliphatic rings. The third-order valence-electron chi connectivity index (χ3n) is 2.99. The summed E-state index contributed by atoms with van der Waals surface area (Å²) in [4.78, 5) is 0. The van der Waals surface area contributed by atoms with Crippen molar-refractivity contribution in [3.05, 3.63) is 34.3 Å². The fourth-order valence-electron chi connectivity index (χ4n) is 2.20. The molecule has 76 valence electrons. The fraction of sp³-hybridized carbons (Fsp3) is 0.500. The van der Waals surface area contributed by atoms with Crippen LogP contribution >= 0.6 is 15.9 Å². The summed E-state index contributed by atoms with van der Waals surface area (Å²) in [6, 6.07) is 8.48. The lowest BCUT2D eigenvalue weighted by Gasteiger charge is -2.26. The molecule has 2 heteroatoms. The molecule has 1 aromatic carbocycles. The first-order valence-corrected chi connectivity index (χ1v) is 5.98. The van der Waals surface area contributed by atoms with Crippen molar-refractivity contribution < 1.29 is 5.11 Å². The van der Waals surface area contributed by atoms with Crippen molar-refractivity contribution in [2.45, 2.75) is 37.7 Å². The van der Waals surface area contributed by atoms with E-state index in [0.29, 0.717) is 5.92 Å². The van der Waals surface area contributed by atoms with Gasteiger partial charge in [0.15, 0.2) is 0 Å². The lowest BCUT2D eigenvalue weighted by atomic mass is 9.83. The van der Waals surface area contributed by atoms with Gasteiger partial charge in [-0.3, -0.25) is 0 Å². The molecule has 0 amide bonds. The molecule has 0 aromatic heterocycles. The zero-order valence-corrected chi connectivity index (χ0v) is 9.70. The van der Waals surface area contributed by atoms with Crippen LogP contribution in [-0.2, 0) is 0 Å². The first kappa shape index (κ1) is 10.2. The summed E-state index contributed by atoms with van der Waals surface area (Å²) in [5.41, 5.74) is 1.37. The van der Waals surface area contributed by atoms with Crippen molar-refractivity contribution in [1.82, 2.24) is 0 Å². The van der Waals surface area contributed by atoms with Gasteiger partial charge >= 0.3 is 0 Å². The Hall–Kier alpha value is -0.340. The average molecular weight is 255 g/mol. The zero-order chi connectivity index (χ0) is 9.97. The molecular formula is C12H15BrO. The molecule has 1 saturated carbocycles. The maximum atomic E-state index is 9.59. The topological polar surface area (TPSA) is 20.2 Å². The molecule has 1 N–H and O–H groups in total. The summed E-state index contributed by atoms with van der Waals surface area (Å²) in [5.74, 6) is 0.562. The monoisotopic (exact) mass is 254 g/mol. The molecule has 0 aliphatic heterocycles. The van der Waals surface area contributed by atoms with E-state index in [0.717, 1.165) is 23.7 Å². The minimum absolute atomic E-state index is 0.0857. The minimum atomic E-state index is -0.0857. The Morgan fingerprint density at radius 3 is 2.50 bits per heavy atom. The SMILES string of the molecule is OC1CCCC(c2ccc(Br)cc2)C1. The quantitative estimate of drug-likeness (QED) is 0.814. The number of aliphatic hydroxyl groups is 1. The van der Waals surface area contributed by atoms with Crippen molar-refractivity contribution in [3.63, 3.8) is 0 Å². The molecule has 1 nitrogen and oxygen atoms in total. The second-order valence-corrected chi connectivity index (χ2v) is 4.98. The first-order valence-electron chi connectivity index (χ1n) is 5.19. The fourth-order valence-corrected chi connectivity index (χ4v) is 2.47. The van der Waals surface area contributed by atoms with E-state index in [-0.39, 0.29) is 6.10 Å². The number of benzene rings is 1. The maximum absolute atomic E-state index is 9.59. The number of hydrogen-bond acceptors (Lipinski definition) is 1. The van der Waals surface area contributed by atoms with Crippen molar-refractivity contribution in [1.29, 1.82) is 0 Å². The standard InChI is InChI=1S/C12H15BrO/c13-11-6-4-9(5-7-11)10-2-1-3-12(14)8-10/h4-7,10,12,14H,1-3,8H2. The number of hydrogen-bond donors (Lipinski definition) is 1. The molecule has 14 heavy (non-hydrogen) atoms. The largest absolute Gasteiger partial charge is 0.393 e. The zero-order valence-electron chi connectivity index (χ0n) is 8.12. The summed E-state index contributed by atoms with van der Waals surface area (Å²) in [6.07, 6.45) is 4.20. The van der Waals surface area contributed by atoms with Gasteiger partial charge < -0.3 is 5.11 Å². The Morgan fingerprint density at radius 1 is 1.14 bits per heavy atom. The average Bonchev–Trinajstić information content (AvgIpc) is 2.19. The molecule has 2 unspecified atom stereocenters. The molecule has 2 rings (SSSR count). The molecule has 0 spiro atoms. The number of halogens is 1. The van der Waals surface area contributed by atoms with Crippen molar-refractivity contribution in [3.8, 4) is 0 Å². The molecule has 1 aromatic rings. The second-order valence-electron chi connectivity index (χ2n) is 4.07. The number of aliphatic hydroxyl groups excluding tert-OH is 1. The van der Waals surface area contributed by atoms with Crippen LogP contribution in [-0.4, -0.2) is 11.2 Å². The van der Waals surface area contributed by atoms with Gasteiger partial charge in [-0.15, -0.1) is 0 Å². The molecule has 0 heterocycles. The van der Waals surface area contributed by atoms with Crippen LogP contribution in [0.1, 0.15) is 37.2 Å². The number of rotatable bonds is 1. The van der Waals surface area contributed by atoms with Gasteiger partial charge in [0.1, 0.15) is 0 Å². The maximum Gasteiger partial charge on any atom is 0.0546 e. The third kappa shape index (κ3) is 2.37. The van der Waals surface area contributed by atoms with Gasteiger partial charge in [-0.1, -0.05) is 34.5 Å². The predicted molar refractivity (Wildman–Crippen MR) is 61.4 cm³/mol. The van der Waals surface area contributed by atoms with Crippen LogP contribution in [0.4, 0.5) is 0 Å². The smallest absolute Gasteiger partial charge is 0.0546 e. The summed E-state index contributed by atoms with van der Waals surface area (Å²) in [7, 11) is 0. The van der Waals surface area contributed by atoms with Crippen LogP contribution in [0.25, 0.3) is 0 Å². The van der Waals surface area contributed by atoms with Crippen LogP contribution in [0.2, 0.25) is 0 Å². The Bertz CT molecular complexity index is 294. The Kier molecular flexibility index (Phi) is 3.24. The highest BCUT2D eigenvalue weighted by Crippen LogP contribution is 2.33. The lowest BCUT2D eigenvalue weighted by Crippen LogP contribution is -2.17. The van der Waals surface area contributed by atoms with Crippen molar-refractivity contribution >= 4 is 15.9 Å². The van der Waals surface area contributed by atoms with Gasteiger partial charge in [0.2, 0.25) is 0 Å².